The van der Waals surface area contributed by atoms with Gasteiger partial charge in [-0.15, -0.1) is 0 Å². The number of likely N-dealkylation sites (tertiary alicyclic amines) is 1. The van der Waals surface area contributed by atoms with Crippen LogP contribution in [0.4, 0.5) is 9.18 Å². The van der Waals surface area contributed by atoms with Crippen LogP contribution in [0.5, 0.6) is 0 Å². The van der Waals surface area contributed by atoms with Gasteiger partial charge in [-0.1, -0.05) is 60.7 Å². The number of amides is 1. The molecule has 0 aromatic heterocycles. The molecule has 1 amide bonds. The highest BCUT2D eigenvalue weighted by Gasteiger charge is 2.41. The van der Waals surface area contributed by atoms with E-state index < -0.39 is 23.9 Å². The number of hydrogen-bond donors (Lipinski definition) is 1. The average Bonchev–Trinajstić information content (AvgIpc) is 3.39. The number of rotatable bonds is 4. The third-order valence-corrected chi connectivity index (χ3v) is 6.53. The zero-order chi connectivity index (χ0) is 22.2. The first-order valence-corrected chi connectivity index (χ1v) is 10.6. The van der Waals surface area contributed by atoms with Crippen LogP contribution in [0.1, 0.15) is 28.5 Å². The van der Waals surface area contributed by atoms with E-state index in [-0.39, 0.29) is 31.4 Å². The van der Waals surface area contributed by atoms with Gasteiger partial charge in [0.2, 0.25) is 0 Å². The van der Waals surface area contributed by atoms with Crippen LogP contribution in [-0.2, 0) is 9.53 Å². The Morgan fingerprint density at radius 2 is 1.50 bits per heavy atom. The number of aliphatic carboxylic acids is 1. The molecular weight excluding hydrogens is 409 g/mol. The normalized spacial score (nSPS) is 19.5. The highest BCUT2D eigenvalue weighted by Crippen LogP contribution is 2.44. The molecule has 1 heterocycles. The molecule has 3 aromatic rings. The van der Waals surface area contributed by atoms with Crippen molar-refractivity contribution >= 4 is 12.1 Å². The van der Waals surface area contributed by atoms with Gasteiger partial charge < -0.3 is 14.7 Å². The number of carboxylic acid groups (broad SMARTS) is 1. The first-order valence-electron chi connectivity index (χ1n) is 10.6. The van der Waals surface area contributed by atoms with Crippen molar-refractivity contribution in [3.8, 4) is 11.1 Å². The summed E-state index contributed by atoms with van der Waals surface area (Å²) in [5.74, 6) is -2.59. The highest BCUT2D eigenvalue weighted by atomic mass is 19.1. The highest BCUT2D eigenvalue weighted by molar-refractivity contribution is 5.79. The fraction of sp³-hybridized carbons (Fsp3) is 0.231. The molecule has 0 bridgehead atoms. The van der Waals surface area contributed by atoms with Crippen LogP contribution in [0.2, 0.25) is 0 Å². The van der Waals surface area contributed by atoms with E-state index in [1.807, 2.05) is 24.3 Å². The quantitative estimate of drug-likeness (QED) is 0.640. The number of hydrogen-bond acceptors (Lipinski definition) is 3. The molecule has 5 nitrogen and oxygen atoms in total. The zero-order valence-corrected chi connectivity index (χ0v) is 17.3. The second-order valence-electron chi connectivity index (χ2n) is 8.31. The van der Waals surface area contributed by atoms with Gasteiger partial charge >= 0.3 is 12.1 Å². The Kier molecular flexibility index (Phi) is 5.13. The summed E-state index contributed by atoms with van der Waals surface area (Å²) in [5.41, 5.74) is 5.24. The molecule has 162 valence electrons. The molecular formula is C26H22FNO4. The minimum absolute atomic E-state index is 0.0582. The van der Waals surface area contributed by atoms with Gasteiger partial charge in [-0.05, 0) is 39.9 Å². The van der Waals surface area contributed by atoms with E-state index >= 15 is 0 Å². The number of carboxylic acids is 1. The van der Waals surface area contributed by atoms with Gasteiger partial charge in [0, 0.05) is 24.9 Å². The molecule has 5 rings (SSSR count). The SMILES string of the molecule is O=C(O)[C@H]1CN(C(=O)OCC2c3ccccc3-c3ccccc32)C[C@@H]1c1ccc(F)cc1. The van der Waals surface area contributed by atoms with Crippen LogP contribution in [0.15, 0.2) is 72.8 Å². The summed E-state index contributed by atoms with van der Waals surface area (Å²) in [6, 6.07) is 22.0. The molecule has 2 aliphatic rings. The monoisotopic (exact) mass is 431 g/mol. The third kappa shape index (κ3) is 3.51. The molecule has 0 radical (unpaired) electrons. The number of halogens is 1. The van der Waals surface area contributed by atoms with Gasteiger partial charge in [0.1, 0.15) is 12.4 Å². The lowest BCUT2D eigenvalue weighted by molar-refractivity contribution is -0.141. The fourth-order valence-electron chi connectivity index (χ4n) is 4.94. The molecule has 32 heavy (non-hydrogen) atoms. The fourth-order valence-corrected chi connectivity index (χ4v) is 4.94. The van der Waals surface area contributed by atoms with Gasteiger partial charge in [-0.3, -0.25) is 4.79 Å². The van der Waals surface area contributed by atoms with E-state index in [2.05, 4.69) is 24.3 Å². The van der Waals surface area contributed by atoms with E-state index in [4.69, 9.17) is 4.74 Å². The lowest BCUT2D eigenvalue weighted by atomic mass is 9.89. The Morgan fingerprint density at radius 3 is 2.09 bits per heavy atom. The van der Waals surface area contributed by atoms with Gasteiger partial charge in [0.25, 0.3) is 0 Å². The smallest absolute Gasteiger partial charge is 0.409 e. The lowest BCUT2D eigenvalue weighted by Gasteiger charge is -2.19. The van der Waals surface area contributed by atoms with Crippen molar-refractivity contribution in [2.45, 2.75) is 11.8 Å². The summed E-state index contributed by atoms with van der Waals surface area (Å²) in [5, 5.41) is 9.67. The van der Waals surface area contributed by atoms with Gasteiger partial charge in [0.15, 0.2) is 0 Å². The topological polar surface area (TPSA) is 66.8 Å². The minimum Gasteiger partial charge on any atom is -0.481 e. The lowest BCUT2D eigenvalue weighted by Crippen LogP contribution is -2.31. The number of ether oxygens (including phenoxy) is 1. The molecule has 1 aliphatic carbocycles. The Hall–Kier alpha value is -3.67. The minimum atomic E-state index is -0.978. The van der Waals surface area contributed by atoms with Crippen molar-refractivity contribution in [1.82, 2.24) is 4.90 Å². The van der Waals surface area contributed by atoms with Crippen molar-refractivity contribution in [1.29, 1.82) is 0 Å². The second-order valence-corrected chi connectivity index (χ2v) is 8.31. The number of carbonyl (C=O) groups is 2. The van der Waals surface area contributed by atoms with E-state index in [9.17, 15) is 19.1 Å². The van der Waals surface area contributed by atoms with Crippen molar-refractivity contribution in [3.05, 3.63) is 95.3 Å². The Morgan fingerprint density at radius 1 is 0.906 bits per heavy atom. The predicted octanol–water partition coefficient (Wildman–Crippen LogP) is 4.87. The van der Waals surface area contributed by atoms with Crippen molar-refractivity contribution in [2.24, 2.45) is 5.92 Å². The first kappa shape index (κ1) is 20.2. The molecule has 1 saturated heterocycles. The van der Waals surface area contributed by atoms with E-state index in [1.54, 1.807) is 12.1 Å². The summed E-state index contributed by atoms with van der Waals surface area (Å²) < 4.78 is 19.0. The number of carbonyl (C=O) groups excluding carboxylic acids is 1. The van der Waals surface area contributed by atoms with Crippen molar-refractivity contribution in [3.63, 3.8) is 0 Å². The standard InChI is InChI=1S/C26H22FNO4/c27-17-11-9-16(10-12-17)22-13-28(14-23(22)25(29)30)26(31)32-15-24-20-7-3-1-5-18(20)19-6-2-4-8-21(19)24/h1-12,22-24H,13-15H2,(H,29,30)/t22-,23+/m1/s1. The average molecular weight is 431 g/mol. The summed E-state index contributed by atoms with van der Waals surface area (Å²) >= 11 is 0. The number of nitrogens with zero attached hydrogens (tertiary/aromatic N) is 1. The van der Waals surface area contributed by atoms with Crippen LogP contribution in [0, 0.1) is 11.7 Å². The van der Waals surface area contributed by atoms with Crippen LogP contribution >= 0.6 is 0 Å². The van der Waals surface area contributed by atoms with Gasteiger partial charge in [-0.25, -0.2) is 9.18 Å². The van der Waals surface area contributed by atoms with Crippen LogP contribution in [0.25, 0.3) is 11.1 Å². The third-order valence-electron chi connectivity index (χ3n) is 6.53. The van der Waals surface area contributed by atoms with Crippen LogP contribution < -0.4 is 0 Å². The molecule has 1 fully saturated rings. The molecule has 0 spiro atoms. The Balaban J connectivity index is 1.32. The molecule has 3 aromatic carbocycles. The summed E-state index contributed by atoms with van der Waals surface area (Å²) in [6.45, 7) is 0.468. The first-order chi connectivity index (χ1) is 15.5. The summed E-state index contributed by atoms with van der Waals surface area (Å²) in [7, 11) is 0. The van der Waals surface area contributed by atoms with E-state index in [0.29, 0.717) is 5.56 Å². The van der Waals surface area contributed by atoms with E-state index in [1.165, 1.54) is 17.0 Å². The van der Waals surface area contributed by atoms with Crippen LogP contribution in [0.3, 0.4) is 0 Å². The number of benzene rings is 3. The maximum absolute atomic E-state index is 13.3. The largest absolute Gasteiger partial charge is 0.481 e. The molecule has 0 unspecified atom stereocenters. The Labute approximate surface area is 185 Å². The molecule has 6 heteroatoms. The predicted molar refractivity (Wildman–Crippen MR) is 117 cm³/mol. The van der Waals surface area contributed by atoms with E-state index in [0.717, 1.165) is 22.3 Å². The summed E-state index contributed by atoms with van der Waals surface area (Å²) in [6.07, 6.45) is -0.525. The maximum Gasteiger partial charge on any atom is 0.409 e. The molecule has 2 atom stereocenters. The zero-order valence-electron chi connectivity index (χ0n) is 17.3. The van der Waals surface area contributed by atoms with Gasteiger partial charge in [0.05, 0.1) is 5.92 Å². The van der Waals surface area contributed by atoms with Crippen molar-refractivity contribution in [2.75, 3.05) is 19.7 Å². The van der Waals surface area contributed by atoms with Crippen molar-refractivity contribution < 1.29 is 23.8 Å². The Bertz CT molecular complexity index is 1130. The molecule has 1 N–H and O–H groups in total. The molecule has 0 saturated carbocycles. The number of fused-ring (bicyclic) bond motifs is 3. The maximum atomic E-state index is 13.3. The second kappa shape index (κ2) is 8.11. The molecule has 1 aliphatic heterocycles. The van der Waals surface area contributed by atoms with Crippen LogP contribution in [-0.4, -0.2) is 41.8 Å². The summed E-state index contributed by atoms with van der Waals surface area (Å²) in [4.78, 5) is 26.1. The van der Waals surface area contributed by atoms with Gasteiger partial charge in [-0.2, -0.15) is 0 Å².